The monoisotopic (exact) mass is 400 g/mol. The molecule has 6 heteroatoms. The Morgan fingerprint density at radius 2 is 1.12 bits per heavy atom. The Hall–Kier alpha value is -0.134. The van der Waals surface area contributed by atoms with Crippen molar-refractivity contribution in [2.24, 2.45) is 0 Å². The minimum atomic E-state index is -4.46. The number of hydrogen-bond donors (Lipinski definition) is 0. The van der Waals surface area contributed by atoms with Crippen LogP contribution >= 0.6 is 7.82 Å². The van der Waals surface area contributed by atoms with Crippen molar-refractivity contribution in [1.82, 2.24) is 0 Å². The van der Waals surface area contributed by atoms with Gasteiger partial charge in [-0.3, -0.25) is 0 Å². The number of phosphoric acid groups is 1. The molecular weight excluding hydrogens is 374 g/mol. The van der Waals surface area contributed by atoms with Gasteiger partial charge in [-0.25, -0.2) is 4.57 Å². The normalized spacial score (nSPS) is 10.9. The van der Waals surface area contributed by atoms with Gasteiger partial charge in [-0.15, -0.1) is 0 Å². The Morgan fingerprint density at radius 3 is 1.42 bits per heavy atom. The summed E-state index contributed by atoms with van der Waals surface area (Å²) in [7, 11) is -4.46. The summed E-state index contributed by atoms with van der Waals surface area (Å²) in [5.74, 6) is 0.524. The number of phosphoric ester groups is 1. The average molecular weight is 400 g/mol. The van der Waals surface area contributed by atoms with E-state index in [1.165, 1.54) is 11.1 Å². The molecule has 0 spiro atoms. The summed E-state index contributed by atoms with van der Waals surface area (Å²) in [4.78, 5) is 12.1. The molecule has 2 rings (SSSR count). The van der Waals surface area contributed by atoms with Crippen LogP contribution in [-0.2, 0) is 17.4 Å². The number of rotatable bonds is 10. The van der Waals surface area contributed by atoms with E-state index >= 15 is 0 Å². The van der Waals surface area contributed by atoms with E-state index in [4.69, 9.17) is 9.05 Å². The predicted octanol–water partition coefficient (Wildman–Crippen LogP) is 2.30. The van der Waals surface area contributed by atoms with Gasteiger partial charge in [0.05, 0.1) is 0 Å². The van der Waals surface area contributed by atoms with Crippen molar-refractivity contribution in [2.45, 2.75) is 52.4 Å². The molecule has 0 atom stereocenters. The van der Waals surface area contributed by atoms with Crippen LogP contribution in [0.2, 0.25) is 0 Å². The molecule has 26 heavy (non-hydrogen) atoms. The third-order valence-corrected chi connectivity index (χ3v) is 4.79. The van der Waals surface area contributed by atoms with Gasteiger partial charge in [-0.1, -0.05) is 51.0 Å². The summed E-state index contributed by atoms with van der Waals surface area (Å²) in [6.07, 6.45) is 6.42. The quantitative estimate of drug-likeness (QED) is 0.454. The van der Waals surface area contributed by atoms with Gasteiger partial charge in [0.2, 0.25) is 0 Å². The van der Waals surface area contributed by atoms with E-state index in [2.05, 4.69) is 13.8 Å². The standard InChI is InChI=1S/C20H27O4P.K/c1-3-5-7-17-9-13-19(14-10-17)23-25(21,22)24-20-15-11-18(12-16-20)8-6-4-2;/h9-16H,3-8H2,1-2H3,(H,21,22);/q;+1/p-1. The molecule has 0 aliphatic heterocycles. The van der Waals surface area contributed by atoms with E-state index in [0.29, 0.717) is 0 Å². The van der Waals surface area contributed by atoms with Gasteiger partial charge in [0.25, 0.3) is 0 Å². The van der Waals surface area contributed by atoms with Crippen molar-refractivity contribution in [3.05, 3.63) is 59.7 Å². The maximum Gasteiger partial charge on any atom is 1.00 e. The molecule has 0 aliphatic carbocycles. The Kier molecular flexibility index (Phi) is 11.4. The molecule has 0 aliphatic rings. The molecule has 0 radical (unpaired) electrons. The smallest absolute Gasteiger partial charge is 0.736 e. The number of benzene rings is 2. The minimum absolute atomic E-state index is 0. The van der Waals surface area contributed by atoms with E-state index in [9.17, 15) is 9.46 Å². The van der Waals surface area contributed by atoms with Crippen molar-refractivity contribution in [3.8, 4) is 11.5 Å². The fourth-order valence-electron chi connectivity index (χ4n) is 2.47. The first-order valence-corrected chi connectivity index (χ1v) is 10.4. The van der Waals surface area contributed by atoms with Crippen LogP contribution in [0, 0.1) is 0 Å². The van der Waals surface area contributed by atoms with Gasteiger partial charge < -0.3 is 13.9 Å². The second kappa shape index (κ2) is 12.3. The van der Waals surface area contributed by atoms with E-state index in [1.54, 1.807) is 24.3 Å². The van der Waals surface area contributed by atoms with Gasteiger partial charge in [0, 0.05) is 0 Å². The largest absolute Gasteiger partial charge is 1.00 e. The molecule has 0 N–H and O–H groups in total. The van der Waals surface area contributed by atoms with Crippen LogP contribution in [0.5, 0.6) is 11.5 Å². The van der Waals surface area contributed by atoms with Crippen LogP contribution in [0.25, 0.3) is 0 Å². The molecule has 0 saturated heterocycles. The van der Waals surface area contributed by atoms with E-state index in [1.807, 2.05) is 24.3 Å². The maximum absolute atomic E-state index is 12.1. The predicted molar refractivity (Wildman–Crippen MR) is 99.0 cm³/mol. The number of hydrogen-bond acceptors (Lipinski definition) is 4. The molecule has 0 saturated carbocycles. The van der Waals surface area contributed by atoms with Crippen LogP contribution in [0.4, 0.5) is 0 Å². The second-order valence-electron chi connectivity index (χ2n) is 6.12. The van der Waals surface area contributed by atoms with Crippen LogP contribution < -0.4 is 65.3 Å². The zero-order valence-corrected chi connectivity index (χ0v) is 20.0. The summed E-state index contributed by atoms with van der Waals surface area (Å²) in [5.41, 5.74) is 2.33. The molecule has 0 amide bonds. The molecule has 0 heterocycles. The summed E-state index contributed by atoms with van der Waals surface area (Å²) in [6.45, 7) is 4.28. The van der Waals surface area contributed by atoms with Gasteiger partial charge in [0.15, 0.2) is 0 Å². The van der Waals surface area contributed by atoms with Gasteiger partial charge in [0.1, 0.15) is 11.5 Å². The molecule has 0 fully saturated rings. The fourth-order valence-corrected chi connectivity index (χ4v) is 3.27. The molecule has 2 aromatic rings. The Labute approximate surface area is 199 Å². The molecule has 0 bridgehead atoms. The van der Waals surface area contributed by atoms with Crippen LogP contribution in [-0.4, -0.2) is 0 Å². The van der Waals surface area contributed by atoms with Crippen LogP contribution in [0.3, 0.4) is 0 Å². The second-order valence-corrected chi connectivity index (χ2v) is 7.38. The number of unbranched alkanes of at least 4 members (excludes halogenated alkanes) is 2. The van der Waals surface area contributed by atoms with Crippen molar-refractivity contribution in [2.75, 3.05) is 0 Å². The molecule has 0 aromatic heterocycles. The first-order valence-electron chi connectivity index (χ1n) is 8.90. The third kappa shape index (κ3) is 8.70. The third-order valence-electron chi connectivity index (χ3n) is 3.92. The Bertz CT molecular complexity index is 628. The van der Waals surface area contributed by atoms with Gasteiger partial charge in [-0.2, -0.15) is 0 Å². The van der Waals surface area contributed by atoms with Crippen molar-refractivity contribution < 1.29 is 69.9 Å². The van der Waals surface area contributed by atoms with E-state index < -0.39 is 7.82 Å². The van der Waals surface area contributed by atoms with Gasteiger partial charge >= 0.3 is 59.2 Å². The SMILES string of the molecule is CCCCc1ccc(OP(=O)([O-])Oc2ccc(CCCC)cc2)cc1.[K+]. The number of aryl methyl sites for hydroxylation is 2. The molecule has 0 unspecified atom stereocenters. The van der Waals surface area contributed by atoms with Crippen LogP contribution in [0.15, 0.2) is 48.5 Å². The van der Waals surface area contributed by atoms with E-state index in [-0.39, 0.29) is 62.9 Å². The summed E-state index contributed by atoms with van der Waals surface area (Å²) in [6, 6.07) is 14.2. The van der Waals surface area contributed by atoms with Gasteiger partial charge in [-0.05, 0) is 61.1 Å². The minimum Gasteiger partial charge on any atom is -0.736 e. The maximum atomic E-state index is 12.1. The summed E-state index contributed by atoms with van der Waals surface area (Å²) in [5, 5.41) is 0. The zero-order valence-electron chi connectivity index (χ0n) is 15.9. The fraction of sp³-hybridized carbons (Fsp3) is 0.400. The van der Waals surface area contributed by atoms with Crippen LogP contribution in [0.1, 0.15) is 50.7 Å². The molecular formula is C20H26KO4P. The molecule has 2 aromatic carbocycles. The Balaban J connectivity index is 0.00000338. The first kappa shape index (κ1) is 23.9. The Morgan fingerprint density at radius 1 is 0.769 bits per heavy atom. The topological polar surface area (TPSA) is 58.6 Å². The summed E-state index contributed by atoms with van der Waals surface area (Å²) < 4.78 is 22.1. The molecule has 4 nitrogen and oxygen atoms in total. The average Bonchev–Trinajstić information content (AvgIpc) is 2.60. The van der Waals surface area contributed by atoms with Crippen molar-refractivity contribution in [3.63, 3.8) is 0 Å². The van der Waals surface area contributed by atoms with Crippen molar-refractivity contribution in [1.29, 1.82) is 0 Å². The van der Waals surface area contributed by atoms with E-state index in [0.717, 1.165) is 38.5 Å². The first-order chi connectivity index (χ1) is 12.0. The van der Waals surface area contributed by atoms with Crippen molar-refractivity contribution >= 4 is 7.82 Å². The zero-order chi connectivity index (χ0) is 18.1. The molecule has 136 valence electrons. The summed E-state index contributed by atoms with van der Waals surface area (Å²) >= 11 is 0.